The molecule has 3 aliphatic heterocycles. The molecule has 5 rings (SSSR count). The van der Waals surface area contributed by atoms with E-state index in [4.69, 9.17) is 14.2 Å². The number of hydrogen-bond acceptors (Lipinski definition) is 7. The normalized spacial score (nSPS) is 24.8. The Morgan fingerprint density at radius 3 is 2.80 bits per heavy atom. The molecule has 0 spiro atoms. The van der Waals surface area contributed by atoms with Crippen LogP contribution in [0, 0.1) is 0 Å². The highest BCUT2D eigenvalue weighted by Gasteiger charge is 2.50. The number of para-hydroxylation sites is 2. The van der Waals surface area contributed by atoms with E-state index in [1.54, 1.807) is 31.4 Å². The number of thioether (sulfide) groups is 1. The predicted molar refractivity (Wildman–Crippen MR) is 114 cm³/mol. The summed E-state index contributed by atoms with van der Waals surface area (Å²) in [6, 6.07) is 11.9. The molecule has 0 N–H and O–H groups in total. The molecule has 0 radical (unpaired) electrons. The molecule has 3 aliphatic rings. The fourth-order valence-electron chi connectivity index (χ4n) is 3.86. The lowest BCUT2D eigenvalue weighted by Crippen LogP contribution is -2.38. The average Bonchev–Trinajstić information content (AvgIpc) is 3.39. The second-order valence-electron chi connectivity index (χ2n) is 7.11. The van der Waals surface area contributed by atoms with Gasteiger partial charge in [0, 0.05) is 10.8 Å². The van der Waals surface area contributed by atoms with Crippen LogP contribution in [0.4, 0.5) is 5.69 Å². The standard InChI is InChI=1S/C20H18N2O6S2/c1-26-15-5-3-2-4-13(15)22-14-9-30(24,25)10-18(14)29-20(22)21-19(23)12-6-7-16-17(8-12)28-11-27-16/h2-8,14,18H,9-11H2,1H3/t14-,18-/m0/s1. The van der Waals surface area contributed by atoms with Crippen LogP contribution in [-0.4, -0.2) is 56.2 Å². The topological polar surface area (TPSA) is 94.5 Å². The average molecular weight is 447 g/mol. The summed E-state index contributed by atoms with van der Waals surface area (Å²) in [5.41, 5.74) is 1.06. The zero-order chi connectivity index (χ0) is 20.9. The molecule has 1 amide bonds. The minimum Gasteiger partial charge on any atom is -0.495 e. The highest BCUT2D eigenvalue weighted by Crippen LogP contribution is 2.44. The summed E-state index contributed by atoms with van der Waals surface area (Å²) >= 11 is 1.32. The van der Waals surface area contributed by atoms with Gasteiger partial charge in [-0.2, -0.15) is 4.99 Å². The first-order valence-corrected chi connectivity index (χ1v) is 12.0. The van der Waals surface area contributed by atoms with Crippen molar-refractivity contribution in [3.05, 3.63) is 48.0 Å². The number of aliphatic imine (C=N–C) groups is 1. The molecule has 0 saturated carbocycles. The zero-order valence-electron chi connectivity index (χ0n) is 16.0. The van der Waals surface area contributed by atoms with Gasteiger partial charge in [0.05, 0.1) is 30.3 Å². The number of carbonyl (C=O) groups is 1. The van der Waals surface area contributed by atoms with Gasteiger partial charge < -0.3 is 19.1 Å². The van der Waals surface area contributed by atoms with E-state index in [1.165, 1.54) is 11.8 Å². The molecule has 156 valence electrons. The third-order valence-corrected chi connectivity index (χ3v) is 8.44. The molecular formula is C20H18N2O6S2. The van der Waals surface area contributed by atoms with Gasteiger partial charge in [-0.3, -0.25) is 4.79 Å². The lowest BCUT2D eigenvalue weighted by Gasteiger charge is -2.26. The van der Waals surface area contributed by atoms with Crippen molar-refractivity contribution < 1.29 is 27.4 Å². The maximum atomic E-state index is 12.9. The number of carbonyl (C=O) groups excluding carboxylic acids is 1. The van der Waals surface area contributed by atoms with Crippen LogP contribution < -0.4 is 19.1 Å². The minimum atomic E-state index is -3.15. The van der Waals surface area contributed by atoms with Crippen LogP contribution in [0.2, 0.25) is 0 Å². The van der Waals surface area contributed by atoms with Gasteiger partial charge in [-0.15, -0.1) is 0 Å². The number of hydrogen-bond donors (Lipinski definition) is 0. The van der Waals surface area contributed by atoms with E-state index in [9.17, 15) is 13.2 Å². The zero-order valence-corrected chi connectivity index (χ0v) is 17.6. The van der Waals surface area contributed by atoms with Crippen LogP contribution in [0.5, 0.6) is 17.2 Å². The first kappa shape index (κ1) is 19.3. The quantitative estimate of drug-likeness (QED) is 0.709. The summed E-state index contributed by atoms with van der Waals surface area (Å²) in [6.07, 6.45) is 0. The summed E-state index contributed by atoms with van der Waals surface area (Å²) in [5, 5.41) is 0.273. The molecule has 2 aromatic rings. The van der Waals surface area contributed by atoms with E-state index >= 15 is 0 Å². The Balaban J connectivity index is 1.53. The number of amidine groups is 1. The maximum absolute atomic E-state index is 12.9. The highest BCUT2D eigenvalue weighted by atomic mass is 32.2. The van der Waals surface area contributed by atoms with Crippen molar-refractivity contribution in [2.75, 3.05) is 30.3 Å². The van der Waals surface area contributed by atoms with Gasteiger partial charge in [0.2, 0.25) is 6.79 Å². The molecule has 8 nitrogen and oxygen atoms in total. The van der Waals surface area contributed by atoms with Crippen molar-refractivity contribution in [1.29, 1.82) is 0 Å². The van der Waals surface area contributed by atoms with Gasteiger partial charge in [-0.05, 0) is 30.3 Å². The lowest BCUT2D eigenvalue weighted by atomic mass is 10.2. The number of methoxy groups -OCH3 is 1. The van der Waals surface area contributed by atoms with E-state index in [0.29, 0.717) is 33.7 Å². The molecule has 2 atom stereocenters. The lowest BCUT2D eigenvalue weighted by molar-refractivity contribution is 0.100. The number of anilines is 1. The van der Waals surface area contributed by atoms with Crippen LogP contribution >= 0.6 is 11.8 Å². The molecule has 0 aromatic heterocycles. The molecule has 2 saturated heterocycles. The van der Waals surface area contributed by atoms with Gasteiger partial charge >= 0.3 is 0 Å². The summed E-state index contributed by atoms with van der Waals surface area (Å²) in [5.74, 6) is 1.32. The van der Waals surface area contributed by atoms with E-state index in [2.05, 4.69) is 4.99 Å². The molecular weight excluding hydrogens is 428 g/mol. The first-order chi connectivity index (χ1) is 14.4. The van der Waals surface area contributed by atoms with Gasteiger partial charge in [0.15, 0.2) is 26.5 Å². The summed E-state index contributed by atoms with van der Waals surface area (Å²) in [6.45, 7) is 0.122. The summed E-state index contributed by atoms with van der Waals surface area (Å²) in [4.78, 5) is 19.1. The molecule has 30 heavy (non-hydrogen) atoms. The Morgan fingerprint density at radius 1 is 1.17 bits per heavy atom. The largest absolute Gasteiger partial charge is 0.495 e. The Bertz CT molecular complexity index is 1160. The smallest absolute Gasteiger partial charge is 0.279 e. The fourth-order valence-corrected chi connectivity index (χ4v) is 7.76. The molecule has 3 heterocycles. The molecule has 0 aliphatic carbocycles. The van der Waals surface area contributed by atoms with E-state index in [-0.39, 0.29) is 29.6 Å². The van der Waals surface area contributed by atoms with Crippen LogP contribution in [-0.2, 0) is 9.84 Å². The second-order valence-corrected chi connectivity index (χ2v) is 10.5. The van der Waals surface area contributed by atoms with Gasteiger partial charge in [-0.25, -0.2) is 8.42 Å². The van der Waals surface area contributed by atoms with Crippen LogP contribution in [0.15, 0.2) is 47.5 Å². The number of rotatable bonds is 3. The number of benzene rings is 2. The highest BCUT2D eigenvalue weighted by molar-refractivity contribution is 8.16. The Labute approximate surface area is 177 Å². The van der Waals surface area contributed by atoms with Crippen molar-refractivity contribution in [3.63, 3.8) is 0 Å². The number of nitrogens with zero attached hydrogens (tertiary/aromatic N) is 2. The van der Waals surface area contributed by atoms with Crippen molar-refractivity contribution in [1.82, 2.24) is 0 Å². The molecule has 2 fully saturated rings. The van der Waals surface area contributed by atoms with E-state index in [0.717, 1.165) is 0 Å². The van der Waals surface area contributed by atoms with E-state index < -0.39 is 15.7 Å². The summed E-state index contributed by atoms with van der Waals surface area (Å²) < 4.78 is 40.6. The van der Waals surface area contributed by atoms with Gasteiger partial charge in [0.1, 0.15) is 5.75 Å². The maximum Gasteiger partial charge on any atom is 0.279 e. The monoisotopic (exact) mass is 446 g/mol. The van der Waals surface area contributed by atoms with Gasteiger partial charge in [-0.1, -0.05) is 23.9 Å². The minimum absolute atomic E-state index is 0.0138. The molecule has 10 heteroatoms. The SMILES string of the molecule is COc1ccccc1N1C(=NC(=O)c2ccc3c(c2)OCO3)S[C@H]2CS(=O)(=O)C[C@@H]21. The van der Waals surface area contributed by atoms with Crippen LogP contribution in [0.3, 0.4) is 0 Å². The third kappa shape index (κ3) is 3.29. The van der Waals surface area contributed by atoms with E-state index in [1.807, 2.05) is 23.1 Å². The van der Waals surface area contributed by atoms with Crippen LogP contribution in [0.1, 0.15) is 10.4 Å². The number of fused-ring (bicyclic) bond motifs is 2. The van der Waals surface area contributed by atoms with Crippen molar-refractivity contribution in [2.45, 2.75) is 11.3 Å². The number of ether oxygens (including phenoxy) is 3. The van der Waals surface area contributed by atoms with Crippen molar-refractivity contribution >= 4 is 38.4 Å². The fraction of sp³-hybridized carbons (Fsp3) is 0.300. The number of amides is 1. The Morgan fingerprint density at radius 2 is 1.97 bits per heavy atom. The van der Waals surface area contributed by atoms with Gasteiger partial charge in [0.25, 0.3) is 5.91 Å². The molecule has 0 unspecified atom stereocenters. The van der Waals surface area contributed by atoms with Crippen molar-refractivity contribution in [3.8, 4) is 17.2 Å². The summed E-state index contributed by atoms with van der Waals surface area (Å²) in [7, 11) is -1.60. The van der Waals surface area contributed by atoms with Crippen molar-refractivity contribution in [2.24, 2.45) is 4.99 Å². The van der Waals surface area contributed by atoms with Crippen LogP contribution in [0.25, 0.3) is 0 Å². The predicted octanol–water partition coefficient (Wildman–Crippen LogP) is 2.34. The number of sulfone groups is 1. The molecule has 2 aromatic carbocycles. The molecule has 0 bridgehead atoms. The third-order valence-electron chi connectivity index (χ3n) is 5.23. The first-order valence-electron chi connectivity index (χ1n) is 9.27. The second kappa shape index (κ2) is 7.21. The Kier molecular flexibility index (Phi) is 4.62. The Hall–Kier alpha value is -2.72.